The topological polar surface area (TPSA) is 75.3 Å². The van der Waals surface area contributed by atoms with Crippen molar-refractivity contribution in [3.63, 3.8) is 0 Å². The summed E-state index contributed by atoms with van der Waals surface area (Å²) in [6, 6.07) is 3.80. The Balaban J connectivity index is 1.56. The molecular weight excluding hydrogens is 268 g/mol. The molecule has 2 aliphatic rings. The molecule has 1 saturated heterocycles. The van der Waals surface area contributed by atoms with Crippen molar-refractivity contribution in [2.75, 3.05) is 13.1 Å². The minimum Gasteiger partial charge on any atom is -0.392 e. The SMILES string of the molecule is O[C@@H]1C[C@@H](c2nc(-c3cccnc3)no2)N(CC2CC2)C1. The van der Waals surface area contributed by atoms with Crippen molar-refractivity contribution in [2.45, 2.75) is 31.4 Å². The van der Waals surface area contributed by atoms with Crippen LogP contribution in [0.4, 0.5) is 0 Å². The van der Waals surface area contributed by atoms with Gasteiger partial charge in [0, 0.05) is 31.0 Å². The van der Waals surface area contributed by atoms with Gasteiger partial charge in [0.25, 0.3) is 0 Å². The highest BCUT2D eigenvalue weighted by Gasteiger charge is 2.38. The Kier molecular flexibility index (Phi) is 3.20. The Hall–Kier alpha value is -1.79. The average molecular weight is 286 g/mol. The number of likely N-dealkylation sites (tertiary alicyclic amines) is 1. The van der Waals surface area contributed by atoms with Crippen LogP contribution in [0, 0.1) is 5.92 Å². The van der Waals surface area contributed by atoms with E-state index in [2.05, 4.69) is 20.0 Å². The average Bonchev–Trinajstić information content (AvgIpc) is 3.05. The van der Waals surface area contributed by atoms with Gasteiger partial charge in [-0.3, -0.25) is 9.88 Å². The minimum absolute atomic E-state index is 0.0403. The van der Waals surface area contributed by atoms with E-state index < -0.39 is 0 Å². The highest BCUT2D eigenvalue weighted by atomic mass is 16.5. The first kappa shape index (κ1) is 12.9. The molecule has 2 atom stereocenters. The van der Waals surface area contributed by atoms with E-state index in [1.807, 2.05) is 12.1 Å². The monoisotopic (exact) mass is 286 g/mol. The van der Waals surface area contributed by atoms with Crippen molar-refractivity contribution in [2.24, 2.45) is 5.92 Å². The number of pyridine rings is 1. The standard InChI is InChI=1S/C15H18N4O2/c20-12-6-13(19(9-12)8-10-3-4-10)15-17-14(18-21-15)11-2-1-5-16-7-11/h1-2,5,7,10,12-13,20H,3-4,6,8-9H2/t12-,13+/m1/s1. The summed E-state index contributed by atoms with van der Waals surface area (Å²) in [5, 5.41) is 14.0. The Morgan fingerprint density at radius 3 is 3.05 bits per heavy atom. The van der Waals surface area contributed by atoms with Crippen LogP contribution in [0.25, 0.3) is 11.4 Å². The van der Waals surface area contributed by atoms with Crippen LogP contribution in [-0.2, 0) is 0 Å². The molecule has 6 nitrogen and oxygen atoms in total. The van der Waals surface area contributed by atoms with Crippen molar-refractivity contribution in [1.82, 2.24) is 20.0 Å². The zero-order valence-electron chi connectivity index (χ0n) is 11.7. The van der Waals surface area contributed by atoms with E-state index in [9.17, 15) is 5.11 Å². The van der Waals surface area contributed by atoms with Gasteiger partial charge >= 0.3 is 0 Å². The lowest BCUT2D eigenvalue weighted by Crippen LogP contribution is -2.27. The first-order valence-electron chi connectivity index (χ1n) is 7.45. The number of hydrogen-bond acceptors (Lipinski definition) is 6. The van der Waals surface area contributed by atoms with Gasteiger partial charge in [-0.25, -0.2) is 0 Å². The molecule has 1 aliphatic carbocycles. The largest absolute Gasteiger partial charge is 0.392 e. The number of rotatable bonds is 4. The Bertz CT molecular complexity index is 611. The van der Waals surface area contributed by atoms with Gasteiger partial charge in [0.05, 0.1) is 12.1 Å². The maximum absolute atomic E-state index is 9.95. The van der Waals surface area contributed by atoms with Crippen LogP contribution in [0.3, 0.4) is 0 Å². The minimum atomic E-state index is -0.303. The van der Waals surface area contributed by atoms with E-state index in [-0.39, 0.29) is 12.1 Å². The summed E-state index contributed by atoms with van der Waals surface area (Å²) in [5.74, 6) is 1.94. The molecule has 6 heteroatoms. The molecule has 2 aromatic rings. The molecule has 0 bridgehead atoms. The molecule has 110 valence electrons. The molecule has 0 unspecified atom stereocenters. The Morgan fingerprint density at radius 2 is 2.29 bits per heavy atom. The van der Waals surface area contributed by atoms with Crippen LogP contribution in [-0.4, -0.2) is 44.3 Å². The van der Waals surface area contributed by atoms with E-state index in [0.29, 0.717) is 24.7 Å². The third-order valence-electron chi connectivity index (χ3n) is 4.22. The van der Waals surface area contributed by atoms with Crippen molar-refractivity contribution >= 4 is 0 Å². The second-order valence-electron chi connectivity index (χ2n) is 6.00. The molecule has 0 spiro atoms. The number of nitrogens with zero attached hydrogens (tertiary/aromatic N) is 4. The van der Waals surface area contributed by atoms with Crippen LogP contribution in [0.5, 0.6) is 0 Å². The van der Waals surface area contributed by atoms with Gasteiger partial charge in [-0.2, -0.15) is 4.98 Å². The van der Waals surface area contributed by atoms with Gasteiger partial charge in [-0.05, 0) is 37.3 Å². The predicted molar refractivity (Wildman–Crippen MR) is 75.2 cm³/mol. The van der Waals surface area contributed by atoms with E-state index in [1.54, 1.807) is 12.4 Å². The third kappa shape index (κ3) is 2.69. The van der Waals surface area contributed by atoms with E-state index in [0.717, 1.165) is 18.0 Å². The second kappa shape index (κ2) is 5.20. The number of aliphatic hydroxyl groups is 1. The first-order chi connectivity index (χ1) is 10.3. The summed E-state index contributed by atoms with van der Waals surface area (Å²) < 4.78 is 5.44. The van der Waals surface area contributed by atoms with Crippen LogP contribution in [0.15, 0.2) is 29.0 Å². The number of aliphatic hydroxyl groups excluding tert-OH is 1. The summed E-state index contributed by atoms with van der Waals surface area (Å²) in [5.41, 5.74) is 0.847. The molecule has 2 aromatic heterocycles. The second-order valence-corrected chi connectivity index (χ2v) is 6.00. The van der Waals surface area contributed by atoms with E-state index >= 15 is 0 Å². The summed E-state index contributed by atoms with van der Waals surface area (Å²) in [6.07, 6.45) is 6.40. The summed E-state index contributed by atoms with van der Waals surface area (Å²) in [6.45, 7) is 1.72. The molecule has 1 N–H and O–H groups in total. The van der Waals surface area contributed by atoms with Crippen LogP contribution in [0.1, 0.15) is 31.2 Å². The number of β-amino-alcohol motifs (C(OH)–C–C–N with tert-alkyl or cyclic N) is 1. The Morgan fingerprint density at radius 1 is 1.38 bits per heavy atom. The lowest BCUT2D eigenvalue weighted by atomic mass is 10.2. The molecule has 4 rings (SSSR count). The fourth-order valence-electron chi connectivity index (χ4n) is 2.95. The quantitative estimate of drug-likeness (QED) is 0.921. The smallest absolute Gasteiger partial charge is 0.244 e. The lowest BCUT2D eigenvalue weighted by molar-refractivity contribution is 0.170. The zero-order valence-corrected chi connectivity index (χ0v) is 11.7. The van der Waals surface area contributed by atoms with Gasteiger partial charge in [0.1, 0.15) is 0 Å². The van der Waals surface area contributed by atoms with Gasteiger partial charge in [0.2, 0.25) is 11.7 Å². The van der Waals surface area contributed by atoms with Gasteiger partial charge in [-0.15, -0.1) is 0 Å². The maximum Gasteiger partial charge on any atom is 0.244 e. The molecule has 0 radical (unpaired) electrons. The number of aromatic nitrogens is 3. The molecule has 0 aromatic carbocycles. The molecule has 21 heavy (non-hydrogen) atoms. The van der Waals surface area contributed by atoms with Crippen molar-refractivity contribution < 1.29 is 9.63 Å². The molecule has 1 saturated carbocycles. The molecule has 2 fully saturated rings. The highest BCUT2D eigenvalue weighted by molar-refractivity contribution is 5.51. The van der Waals surface area contributed by atoms with Crippen molar-refractivity contribution in [3.05, 3.63) is 30.4 Å². The first-order valence-corrected chi connectivity index (χ1v) is 7.45. The fraction of sp³-hybridized carbons (Fsp3) is 0.533. The summed E-state index contributed by atoms with van der Waals surface area (Å²) in [7, 11) is 0. The van der Waals surface area contributed by atoms with E-state index in [4.69, 9.17) is 4.52 Å². The molecule has 0 amide bonds. The highest BCUT2D eigenvalue weighted by Crippen LogP contribution is 2.37. The summed E-state index contributed by atoms with van der Waals surface area (Å²) >= 11 is 0. The van der Waals surface area contributed by atoms with E-state index in [1.165, 1.54) is 12.8 Å². The van der Waals surface area contributed by atoms with Crippen LogP contribution in [0.2, 0.25) is 0 Å². The Labute approximate surface area is 122 Å². The summed E-state index contributed by atoms with van der Waals surface area (Å²) in [4.78, 5) is 10.9. The van der Waals surface area contributed by atoms with Gasteiger partial charge in [0.15, 0.2) is 0 Å². The normalized spacial score (nSPS) is 26.3. The molecule has 3 heterocycles. The maximum atomic E-state index is 9.95. The van der Waals surface area contributed by atoms with Crippen LogP contribution < -0.4 is 0 Å². The van der Waals surface area contributed by atoms with Crippen molar-refractivity contribution in [1.29, 1.82) is 0 Å². The van der Waals surface area contributed by atoms with Gasteiger partial charge in [-0.1, -0.05) is 5.16 Å². The molecule has 1 aliphatic heterocycles. The third-order valence-corrected chi connectivity index (χ3v) is 4.22. The zero-order chi connectivity index (χ0) is 14.2. The fourth-order valence-corrected chi connectivity index (χ4v) is 2.95. The van der Waals surface area contributed by atoms with Crippen LogP contribution >= 0.6 is 0 Å². The predicted octanol–water partition coefficient (Wildman–Crippen LogP) is 1.65. The van der Waals surface area contributed by atoms with Gasteiger partial charge < -0.3 is 9.63 Å². The number of hydrogen-bond donors (Lipinski definition) is 1. The lowest BCUT2D eigenvalue weighted by Gasteiger charge is -2.20. The van der Waals surface area contributed by atoms with Crippen molar-refractivity contribution in [3.8, 4) is 11.4 Å². The molecular formula is C15H18N4O2.